The molecule has 0 unspecified atom stereocenters. The Balaban J connectivity index is 2.13. The van der Waals surface area contributed by atoms with Crippen molar-refractivity contribution in [1.82, 2.24) is 0 Å². The number of hydrogen-bond acceptors (Lipinski definition) is 3. The molecule has 0 radical (unpaired) electrons. The first kappa shape index (κ1) is 10.6. The number of aliphatic hydroxyl groups is 1. The molecule has 17 heavy (non-hydrogen) atoms. The van der Waals surface area contributed by atoms with Crippen LogP contribution in [0.2, 0.25) is 0 Å². The fourth-order valence-electron chi connectivity index (χ4n) is 2.88. The average molecular weight is 233 g/mol. The number of para-hydroxylation sites is 1. The van der Waals surface area contributed by atoms with Gasteiger partial charge in [0.1, 0.15) is 0 Å². The van der Waals surface area contributed by atoms with E-state index in [0.29, 0.717) is 12.8 Å². The van der Waals surface area contributed by atoms with Gasteiger partial charge < -0.3 is 9.84 Å². The second-order valence-electron chi connectivity index (χ2n) is 4.71. The molecule has 1 amide bonds. The van der Waals surface area contributed by atoms with Crippen molar-refractivity contribution in [2.24, 2.45) is 0 Å². The molecule has 1 aromatic rings. The van der Waals surface area contributed by atoms with Gasteiger partial charge in [0.2, 0.25) is 0 Å². The average Bonchev–Trinajstić information content (AvgIpc) is 2.33. The van der Waals surface area contributed by atoms with Gasteiger partial charge in [-0.3, -0.25) is 5.32 Å². The first-order valence-corrected chi connectivity index (χ1v) is 6.00. The van der Waals surface area contributed by atoms with E-state index in [-0.39, 0.29) is 0 Å². The third kappa shape index (κ3) is 1.52. The summed E-state index contributed by atoms with van der Waals surface area (Å²) in [6.45, 7) is 0. The number of ether oxygens (including phenoxy) is 1. The van der Waals surface area contributed by atoms with Crippen LogP contribution in [0.15, 0.2) is 24.3 Å². The van der Waals surface area contributed by atoms with E-state index < -0.39 is 17.8 Å². The number of fused-ring (bicyclic) bond motifs is 2. The molecule has 3 rings (SSSR count). The Bertz CT molecular complexity index is 460. The number of benzene rings is 1. The molecule has 1 aliphatic carbocycles. The van der Waals surface area contributed by atoms with E-state index in [1.54, 1.807) is 0 Å². The second kappa shape index (κ2) is 3.74. The molecular formula is C13H15NO3. The molecule has 0 bridgehead atoms. The van der Waals surface area contributed by atoms with E-state index in [1.165, 1.54) is 0 Å². The minimum Gasteiger partial charge on any atom is -0.435 e. The summed E-state index contributed by atoms with van der Waals surface area (Å²) < 4.78 is 5.45. The maximum Gasteiger partial charge on any atom is 0.412 e. The maximum absolute atomic E-state index is 11.6. The number of rotatable bonds is 0. The Morgan fingerprint density at radius 3 is 3.00 bits per heavy atom. The van der Waals surface area contributed by atoms with Crippen molar-refractivity contribution in [3.8, 4) is 0 Å². The summed E-state index contributed by atoms with van der Waals surface area (Å²) in [5, 5.41) is 12.9. The normalized spacial score (nSPS) is 31.6. The second-order valence-corrected chi connectivity index (χ2v) is 4.71. The minimum absolute atomic E-state index is 0.468. The molecule has 1 aliphatic heterocycles. The quantitative estimate of drug-likeness (QED) is 0.723. The standard InChI is InChI=1S/C13H15NO3/c15-11-7-3-4-8-13(11)9-5-1-2-6-10(9)14-12(16)17-13/h1-2,5-6,11,15H,3-4,7-8H2,(H,14,16)/t11-,13+/m1/s1. The van der Waals surface area contributed by atoms with E-state index in [1.807, 2.05) is 24.3 Å². The van der Waals surface area contributed by atoms with Gasteiger partial charge in [0.05, 0.1) is 11.8 Å². The van der Waals surface area contributed by atoms with Crippen LogP contribution in [0.4, 0.5) is 10.5 Å². The predicted molar refractivity (Wildman–Crippen MR) is 62.7 cm³/mol. The highest BCUT2D eigenvalue weighted by atomic mass is 16.6. The number of aliphatic hydroxyl groups excluding tert-OH is 1. The van der Waals surface area contributed by atoms with Gasteiger partial charge in [-0.1, -0.05) is 24.6 Å². The minimum atomic E-state index is -0.836. The van der Waals surface area contributed by atoms with Crippen LogP contribution in [0.5, 0.6) is 0 Å². The lowest BCUT2D eigenvalue weighted by molar-refractivity contribution is -0.109. The van der Waals surface area contributed by atoms with E-state index in [2.05, 4.69) is 5.32 Å². The molecule has 1 aromatic carbocycles. The zero-order chi connectivity index (χ0) is 11.9. The number of carbonyl (C=O) groups is 1. The zero-order valence-corrected chi connectivity index (χ0v) is 9.48. The SMILES string of the molecule is O=C1Nc2ccccc2[C@]2(CCCC[C@H]2O)O1. The summed E-state index contributed by atoms with van der Waals surface area (Å²) in [6, 6.07) is 7.54. The van der Waals surface area contributed by atoms with E-state index in [4.69, 9.17) is 4.74 Å². The van der Waals surface area contributed by atoms with Crippen LogP contribution in [0.25, 0.3) is 0 Å². The summed E-state index contributed by atoms with van der Waals surface area (Å²) in [5.74, 6) is 0. The highest BCUT2D eigenvalue weighted by molar-refractivity contribution is 5.88. The van der Waals surface area contributed by atoms with Gasteiger partial charge in [-0.05, 0) is 25.3 Å². The molecule has 0 saturated heterocycles. The Morgan fingerprint density at radius 2 is 2.18 bits per heavy atom. The highest BCUT2D eigenvalue weighted by Crippen LogP contribution is 2.45. The summed E-state index contributed by atoms with van der Waals surface area (Å²) in [4.78, 5) is 11.6. The van der Waals surface area contributed by atoms with Gasteiger partial charge in [0, 0.05) is 5.56 Å². The molecule has 4 nitrogen and oxygen atoms in total. The van der Waals surface area contributed by atoms with Crippen LogP contribution in [-0.4, -0.2) is 17.3 Å². The van der Waals surface area contributed by atoms with Gasteiger partial charge in [-0.15, -0.1) is 0 Å². The van der Waals surface area contributed by atoms with E-state index in [0.717, 1.165) is 24.1 Å². The van der Waals surface area contributed by atoms with Crippen molar-refractivity contribution in [2.45, 2.75) is 37.4 Å². The Morgan fingerprint density at radius 1 is 1.35 bits per heavy atom. The van der Waals surface area contributed by atoms with E-state index in [9.17, 15) is 9.90 Å². The van der Waals surface area contributed by atoms with Gasteiger partial charge in [-0.25, -0.2) is 4.79 Å². The number of anilines is 1. The summed E-state index contributed by atoms with van der Waals surface area (Å²) in [5.41, 5.74) is 0.813. The van der Waals surface area contributed by atoms with Gasteiger partial charge >= 0.3 is 6.09 Å². The molecule has 0 aromatic heterocycles. The van der Waals surface area contributed by atoms with Crippen LogP contribution < -0.4 is 5.32 Å². The molecule has 2 N–H and O–H groups in total. The van der Waals surface area contributed by atoms with Crippen molar-refractivity contribution in [3.05, 3.63) is 29.8 Å². The van der Waals surface area contributed by atoms with Crippen molar-refractivity contribution < 1.29 is 14.6 Å². The fraction of sp³-hybridized carbons (Fsp3) is 0.462. The predicted octanol–water partition coefficient (Wildman–Crippen LogP) is 2.38. The highest BCUT2D eigenvalue weighted by Gasteiger charge is 2.48. The number of carbonyl (C=O) groups excluding carboxylic acids is 1. The molecule has 1 fully saturated rings. The van der Waals surface area contributed by atoms with Crippen LogP contribution in [-0.2, 0) is 10.3 Å². The van der Waals surface area contributed by atoms with Crippen LogP contribution in [0.1, 0.15) is 31.2 Å². The Kier molecular flexibility index (Phi) is 2.33. The lowest BCUT2D eigenvalue weighted by Gasteiger charge is -2.44. The molecule has 90 valence electrons. The number of hydrogen-bond donors (Lipinski definition) is 2. The van der Waals surface area contributed by atoms with E-state index >= 15 is 0 Å². The van der Waals surface area contributed by atoms with Crippen molar-refractivity contribution in [3.63, 3.8) is 0 Å². The molecular weight excluding hydrogens is 218 g/mol. The zero-order valence-electron chi connectivity index (χ0n) is 9.48. The molecule has 4 heteroatoms. The topological polar surface area (TPSA) is 58.6 Å². The van der Waals surface area contributed by atoms with Crippen LogP contribution >= 0.6 is 0 Å². The lowest BCUT2D eigenvalue weighted by Crippen LogP contribution is -2.49. The molecule has 1 heterocycles. The monoisotopic (exact) mass is 233 g/mol. The maximum atomic E-state index is 11.6. The third-order valence-electron chi connectivity index (χ3n) is 3.71. The molecule has 1 spiro atoms. The number of nitrogens with one attached hydrogen (secondary N) is 1. The first-order chi connectivity index (χ1) is 8.22. The summed E-state index contributed by atoms with van der Waals surface area (Å²) in [7, 11) is 0. The van der Waals surface area contributed by atoms with Crippen molar-refractivity contribution in [2.75, 3.05) is 5.32 Å². The van der Waals surface area contributed by atoms with Gasteiger partial charge in [-0.2, -0.15) is 0 Å². The van der Waals surface area contributed by atoms with Crippen LogP contribution in [0.3, 0.4) is 0 Å². The van der Waals surface area contributed by atoms with Crippen molar-refractivity contribution >= 4 is 11.8 Å². The number of amides is 1. The smallest absolute Gasteiger partial charge is 0.412 e. The molecule has 1 saturated carbocycles. The molecule has 2 aliphatic rings. The third-order valence-corrected chi connectivity index (χ3v) is 3.71. The lowest BCUT2D eigenvalue weighted by atomic mass is 9.76. The first-order valence-electron chi connectivity index (χ1n) is 6.00. The fourth-order valence-corrected chi connectivity index (χ4v) is 2.88. The largest absolute Gasteiger partial charge is 0.435 e. The van der Waals surface area contributed by atoms with Gasteiger partial charge in [0.15, 0.2) is 5.60 Å². The summed E-state index contributed by atoms with van der Waals surface area (Å²) >= 11 is 0. The Hall–Kier alpha value is -1.55. The van der Waals surface area contributed by atoms with Gasteiger partial charge in [0.25, 0.3) is 0 Å². The Labute approximate surface area is 99.6 Å². The molecule has 2 atom stereocenters. The van der Waals surface area contributed by atoms with Crippen LogP contribution in [0, 0.1) is 0 Å². The van der Waals surface area contributed by atoms with Crippen molar-refractivity contribution in [1.29, 1.82) is 0 Å². The summed E-state index contributed by atoms with van der Waals surface area (Å²) in [6.07, 6.45) is 2.25.